The predicted molar refractivity (Wildman–Crippen MR) is 203 cm³/mol. The lowest BCUT2D eigenvalue weighted by Crippen LogP contribution is -2.59. The van der Waals surface area contributed by atoms with E-state index in [9.17, 15) is 19.2 Å². The first-order valence-corrected chi connectivity index (χ1v) is 18.7. The molecule has 1 aliphatic rings. The molecule has 290 valence electrons. The van der Waals surface area contributed by atoms with Crippen LogP contribution in [-0.4, -0.2) is 123 Å². The van der Waals surface area contributed by atoms with Crippen LogP contribution in [0.3, 0.4) is 0 Å². The van der Waals surface area contributed by atoms with Crippen LogP contribution in [0.25, 0.3) is 0 Å². The zero-order valence-corrected chi connectivity index (χ0v) is 33.4. The van der Waals surface area contributed by atoms with Crippen molar-refractivity contribution < 1.29 is 28.7 Å². The number of amides is 4. The fourth-order valence-corrected chi connectivity index (χ4v) is 7.65. The maximum atomic E-state index is 14.2. The summed E-state index contributed by atoms with van der Waals surface area (Å²) in [6, 6.07) is 5.77. The van der Waals surface area contributed by atoms with Crippen LogP contribution in [0.1, 0.15) is 79.7 Å². The van der Waals surface area contributed by atoms with Gasteiger partial charge in [-0.05, 0) is 62.7 Å². The Bertz CT molecular complexity index is 1270. The number of rotatable bonds is 20. The lowest BCUT2D eigenvalue weighted by atomic mass is 9.89. The quantitative estimate of drug-likeness (QED) is 0.174. The molecule has 0 aromatic heterocycles. The lowest BCUT2D eigenvalue weighted by Gasteiger charge is -2.41. The van der Waals surface area contributed by atoms with Gasteiger partial charge in [0.1, 0.15) is 6.04 Å². The number of nitrogens with one attached hydrogen (secondary N) is 2. The van der Waals surface area contributed by atoms with Gasteiger partial charge >= 0.3 is 0 Å². The molecule has 4 amide bonds. The lowest BCUT2D eigenvalue weighted by molar-refractivity contribution is -0.148. The molecule has 0 radical (unpaired) electrons. The first kappa shape index (κ1) is 43.9. The van der Waals surface area contributed by atoms with Gasteiger partial charge in [0.2, 0.25) is 23.6 Å². The van der Waals surface area contributed by atoms with Crippen LogP contribution in [0.4, 0.5) is 5.69 Å². The van der Waals surface area contributed by atoms with Gasteiger partial charge in [0, 0.05) is 40.0 Å². The Balaban J connectivity index is 2.21. The molecule has 1 fully saturated rings. The summed E-state index contributed by atoms with van der Waals surface area (Å²) in [6.45, 7) is 14.8. The predicted octanol–water partition coefficient (Wildman–Crippen LogP) is 3.57. The van der Waals surface area contributed by atoms with Crippen molar-refractivity contribution in [1.82, 2.24) is 25.3 Å². The van der Waals surface area contributed by atoms with Gasteiger partial charge in [-0.1, -0.05) is 73.1 Å². The summed E-state index contributed by atoms with van der Waals surface area (Å²) in [5.41, 5.74) is 7.74. The van der Waals surface area contributed by atoms with Crippen molar-refractivity contribution in [2.45, 2.75) is 117 Å². The normalized spacial score (nSPS) is 19.0. The number of hydrogen-bond donors (Lipinski definition) is 3. The minimum Gasteiger partial charge on any atom is -0.399 e. The molecule has 12 heteroatoms. The van der Waals surface area contributed by atoms with E-state index >= 15 is 0 Å². The van der Waals surface area contributed by atoms with E-state index in [2.05, 4.69) is 24.5 Å². The number of carbonyl (C=O) groups is 4. The van der Waals surface area contributed by atoms with Crippen LogP contribution in [-0.2, 0) is 35.1 Å². The molecule has 0 bridgehead atoms. The second kappa shape index (κ2) is 20.7. The number of hydrogen-bond acceptors (Lipinski definition) is 8. The molecule has 2 rings (SSSR count). The number of anilines is 1. The Morgan fingerprint density at radius 1 is 0.961 bits per heavy atom. The summed E-state index contributed by atoms with van der Waals surface area (Å²) in [7, 11) is 8.63. The molecule has 1 heterocycles. The van der Waals surface area contributed by atoms with E-state index in [0.29, 0.717) is 31.6 Å². The molecular formula is C39H68N6O6. The molecule has 1 aromatic rings. The standard InChI is InChI=1S/C39H68N6O6/c1-13-26(6)35(44(10)39(49)33(24(2)3)42-38(48)34(25(4)5)43(8)9)31(50-11)23-32(46)45-22-16-19-30(45)36(51-12)27(7)37(47)41-21-20-28-17-14-15-18-29(28)40/h14-15,17-18,24-27,30-31,33-36H,13,16,19-23,40H2,1-12H3,(H,41,47)(H,42,48)/t26?,27?,30-,31?,33?,34?,35?,36?/m0/s1. The minimum atomic E-state index is -0.744. The SMILES string of the molecule is CCC(C)C(C(CC(=O)N1CCC[C@H]1C(OC)C(C)C(=O)NCCc1ccccc1N)OC)N(C)C(=O)C(NC(=O)C(C(C)C)N(C)C)C(C)C. The number of likely N-dealkylation sites (tertiary alicyclic amines) is 1. The number of nitrogen functional groups attached to an aromatic ring is 1. The Morgan fingerprint density at radius 3 is 2.14 bits per heavy atom. The summed E-state index contributed by atoms with van der Waals surface area (Å²) in [4.78, 5) is 60.3. The molecule has 4 N–H and O–H groups in total. The number of para-hydroxylation sites is 1. The van der Waals surface area contributed by atoms with Gasteiger partial charge < -0.3 is 35.6 Å². The zero-order chi connectivity index (χ0) is 38.6. The van der Waals surface area contributed by atoms with Crippen molar-refractivity contribution in [3.05, 3.63) is 29.8 Å². The van der Waals surface area contributed by atoms with Crippen molar-refractivity contribution >= 4 is 29.3 Å². The van der Waals surface area contributed by atoms with E-state index < -0.39 is 30.2 Å². The third-order valence-electron chi connectivity index (χ3n) is 10.7. The fraction of sp³-hybridized carbons (Fsp3) is 0.744. The smallest absolute Gasteiger partial charge is 0.245 e. The molecule has 0 aliphatic carbocycles. The maximum absolute atomic E-state index is 14.2. The van der Waals surface area contributed by atoms with Gasteiger partial charge in [0.25, 0.3) is 0 Å². The highest BCUT2D eigenvalue weighted by Crippen LogP contribution is 2.29. The molecular weight excluding hydrogens is 648 g/mol. The first-order chi connectivity index (χ1) is 24.0. The van der Waals surface area contributed by atoms with Gasteiger partial charge in [-0.25, -0.2) is 0 Å². The van der Waals surface area contributed by atoms with Gasteiger partial charge in [0.15, 0.2) is 0 Å². The number of methoxy groups -OCH3 is 2. The topological polar surface area (TPSA) is 147 Å². The number of benzene rings is 1. The van der Waals surface area contributed by atoms with E-state index in [1.54, 1.807) is 26.2 Å². The second-order valence-corrected chi connectivity index (χ2v) is 15.2. The van der Waals surface area contributed by atoms with E-state index in [0.717, 1.165) is 18.4 Å². The summed E-state index contributed by atoms with van der Waals surface area (Å²) >= 11 is 0. The summed E-state index contributed by atoms with van der Waals surface area (Å²) in [5.74, 6) is -1.25. The molecule has 0 spiro atoms. The first-order valence-electron chi connectivity index (χ1n) is 18.7. The fourth-order valence-electron chi connectivity index (χ4n) is 7.65. The maximum Gasteiger partial charge on any atom is 0.245 e. The number of nitrogens with two attached hydrogens (primary N) is 1. The van der Waals surface area contributed by atoms with Crippen molar-refractivity contribution in [2.24, 2.45) is 23.7 Å². The Labute approximate surface area is 307 Å². The van der Waals surface area contributed by atoms with Crippen molar-refractivity contribution in [3.8, 4) is 0 Å². The number of carbonyl (C=O) groups excluding carboxylic acids is 4. The molecule has 51 heavy (non-hydrogen) atoms. The third kappa shape index (κ3) is 11.6. The Hall–Kier alpha value is -3.22. The van der Waals surface area contributed by atoms with E-state index in [1.807, 2.05) is 82.8 Å². The van der Waals surface area contributed by atoms with Gasteiger partial charge in [0.05, 0.1) is 42.7 Å². The summed E-state index contributed by atoms with van der Waals surface area (Å²) in [6.07, 6.45) is 1.85. The molecule has 12 nitrogen and oxygen atoms in total. The number of ether oxygens (including phenoxy) is 2. The van der Waals surface area contributed by atoms with Crippen molar-refractivity contribution in [2.75, 3.05) is 54.2 Å². The highest BCUT2D eigenvalue weighted by atomic mass is 16.5. The molecule has 0 saturated carbocycles. The van der Waals surface area contributed by atoms with Crippen LogP contribution in [0.15, 0.2) is 24.3 Å². The summed E-state index contributed by atoms with van der Waals surface area (Å²) < 4.78 is 11.9. The van der Waals surface area contributed by atoms with Crippen LogP contribution < -0.4 is 16.4 Å². The average Bonchev–Trinajstić information content (AvgIpc) is 3.56. The highest BCUT2D eigenvalue weighted by Gasteiger charge is 2.43. The number of likely N-dealkylation sites (N-methyl/N-ethyl adjacent to an activating group) is 2. The zero-order valence-electron chi connectivity index (χ0n) is 33.4. The van der Waals surface area contributed by atoms with Crippen LogP contribution in [0, 0.1) is 23.7 Å². The molecule has 1 aliphatic heterocycles. The van der Waals surface area contributed by atoms with Crippen molar-refractivity contribution in [3.63, 3.8) is 0 Å². The molecule has 1 aromatic carbocycles. The van der Waals surface area contributed by atoms with Crippen LogP contribution in [0.5, 0.6) is 0 Å². The second-order valence-electron chi connectivity index (χ2n) is 15.2. The molecule has 7 unspecified atom stereocenters. The largest absolute Gasteiger partial charge is 0.399 e. The Morgan fingerprint density at radius 2 is 1.61 bits per heavy atom. The number of nitrogens with zero attached hydrogens (tertiary/aromatic N) is 3. The molecule has 8 atom stereocenters. The van der Waals surface area contributed by atoms with Crippen LogP contribution >= 0.6 is 0 Å². The third-order valence-corrected chi connectivity index (χ3v) is 10.7. The minimum absolute atomic E-state index is 0.00135. The van der Waals surface area contributed by atoms with Gasteiger partial charge in [-0.2, -0.15) is 0 Å². The van der Waals surface area contributed by atoms with E-state index in [4.69, 9.17) is 15.2 Å². The highest BCUT2D eigenvalue weighted by molar-refractivity contribution is 5.90. The van der Waals surface area contributed by atoms with Crippen LogP contribution in [0.2, 0.25) is 0 Å². The average molecular weight is 717 g/mol. The summed E-state index contributed by atoms with van der Waals surface area (Å²) in [5, 5.41) is 6.06. The van der Waals surface area contributed by atoms with E-state index in [1.165, 1.54) is 0 Å². The van der Waals surface area contributed by atoms with Crippen molar-refractivity contribution in [1.29, 1.82) is 0 Å². The molecule has 1 saturated heterocycles. The van der Waals surface area contributed by atoms with E-state index in [-0.39, 0.29) is 59.9 Å². The van der Waals surface area contributed by atoms with Gasteiger partial charge in [-0.3, -0.25) is 24.1 Å². The van der Waals surface area contributed by atoms with Gasteiger partial charge in [-0.15, -0.1) is 0 Å². The monoisotopic (exact) mass is 717 g/mol. The Kier molecular flexibility index (Phi) is 17.9.